The van der Waals surface area contributed by atoms with E-state index in [2.05, 4.69) is 0 Å². The summed E-state index contributed by atoms with van der Waals surface area (Å²) in [6.07, 6.45) is 2.31. The molecular formula is C10H20O3. The van der Waals surface area contributed by atoms with Crippen LogP contribution in [0.1, 0.15) is 40.0 Å². The Morgan fingerprint density at radius 1 is 1.38 bits per heavy atom. The summed E-state index contributed by atoms with van der Waals surface area (Å²) in [5.74, 6) is 0.0816. The number of carbonyl (C=O) groups excluding carboxylic acids is 1. The molecule has 0 bridgehead atoms. The van der Waals surface area contributed by atoms with E-state index in [9.17, 15) is 9.90 Å². The third-order valence-electron chi connectivity index (χ3n) is 1.97. The van der Waals surface area contributed by atoms with Crippen LogP contribution in [0.4, 0.5) is 0 Å². The highest BCUT2D eigenvalue weighted by Gasteiger charge is 2.07. The predicted molar refractivity (Wildman–Crippen MR) is 51.3 cm³/mol. The molecule has 0 heterocycles. The largest absolute Gasteiger partial charge is 0.466 e. The molecule has 0 rings (SSSR count). The molecular weight excluding hydrogens is 168 g/mol. The molecule has 0 fully saturated rings. The van der Waals surface area contributed by atoms with Gasteiger partial charge in [-0.1, -0.05) is 13.8 Å². The number of aliphatic hydroxyl groups excluding tert-OH is 1. The van der Waals surface area contributed by atoms with Crippen LogP contribution >= 0.6 is 0 Å². The van der Waals surface area contributed by atoms with Gasteiger partial charge in [-0.2, -0.15) is 0 Å². The molecule has 0 aliphatic rings. The molecule has 0 saturated carbocycles. The number of esters is 1. The summed E-state index contributed by atoms with van der Waals surface area (Å²) in [4.78, 5) is 10.4. The molecule has 0 aromatic heterocycles. The van der Waals surface area contributed by atoms with E-state index in [1.165, 1.54) is 6.92 Å². The lowest BCUT2D eigenvalue weighted by molar-refractivity contribution is -0.141. The molecule has 0 aromatic rings. The van der Waals surface area contributed by atoms with Gasteiger partial charge in [0.25, 0.3) is 0 Å². The third-order valence-corrected chi connectivity index (χ3v) is 1.97. The quantitative estimate of drug-likeness (QED) is 0.510. The summed E-state index contributed by atoms with van der Waals surface area (Å²) >= 11 is 0. The van der Waals surface area contributed by atoms with Crippen LogP contribution in [0.15, 0.2) is 0 Å². The lowest BCUT2D eigenvalue weighted by atomic mass is 10.0. The first-order valence-corrected chi connectivity index (χ1v) is 4.85. The number of carbonyl (C=O) groups is 1. The SMILES string of the molecule is CC(=O)OCCCCC(O)C(C)C. The van der Waals surface area contributed by atoms with E-state index in [-0.39, 0.29) is 12.1 Å². The minimum Gasteiger partial charge on any atom is -0.466 e. The van der Waals surface area contributed by atoms with E-state index in [4.69, 9.17) is 4.74 Å². The van der Waals surface area contributed by atoms with Crippen LogP contribution in [0.3, 0.4) is 0 Å². The second kappa shape index (κ2) is 6.89. The second-order valence-electron chi connectivity index (χ2n) is 3.65. The van der Waals surface area contributed by atoms with E-state index >= 15 is 0 Å². The lowest BCUT2D eigenvalue weighted by Gasteiger charge is -2.13. The van der Waals surface area contributed by atoms with Gasteiger partial charge in [0.2, 0.25) is 0 Å². The van der Waals surface area contributed by atoms with Gasteiger partial charge in [0.15, 0.2) is 0 Å². The van der Waals surface area contributed by atoms with E-state index in [0.29, 0.717) is 12.5 Å². The Balaban J connectivity index is 3.21. The molecule has 0 aliphatic heterocycles. The Labute approximate surface area is 80.1 Å². The van der Waals surface area contributed by atoms with Crippen LogP contribution in [0.25, 0.3) is 0 Å². The van der Waals surface area contributed by atoms with Gasteiger partial charge in [-0.05, 0) is 25.2 Å². The molecule has 1 atom stereocenters. The maximum absolute atomic E-state index is 10.4. The number of ether oxygens (including phenoxy) is 1. The molecule has 1 unspecified atom stereocenters. The average molecular weight is 188 g/mol. The molecule has 0 amide bonds. The Morgan fingerprint density at radius 2 is 2.00 bits per heavy atom. The number of aliphatic hydroxyl groups is 1. The molecule has 0 saturated heterocycles. The highest BCUT2D eigenvalue weighted by Crippen LogP contribution is 2.09. The summed E-state index contributed by atoms with van der Waals surface area (Å²) < 4.78 is 4.76. The molecule has 0 aliphatic carbocycles. The van der Waals surface area contributed by atoms with Crippen molar-refractivity contribution < 1.29 is 14.6 Å². The maximum Gasteiger partial charge on any atom is 0.302 e. The van der Waals surface area contributed by atoms with E-state index < -0.39 is 0 Å². The van der Waals surface area contributed by atoms with Crippen molar-refractivity contribution >= 4 is 5.97 Å². The number of hydrogen-bond donors (Lipinski definition) is 1. The summed E-state index contributed by atoms with van der Waals surface area (Å²) in [7, 11) is 0. The fraction of sp³-hybridized carbons (Fsp3) is 0.900. The summed E-state index contributed by atoms with van der Waals surface area (Å²) in [6, 6.07) is 0. The molecule has 3 heteroatoms. The zero-order valence-electron chi connectivity index (χ0n) is 8.75. The van der Waals surface area contributed by atoms with Gasteiger partial charge in [-0.3, -0.25) is 4.79 Å². The van der Waals surface area contributed by atoms with Gasteiger partial charge < -0.3 is 9.84 Å². The average Bonchev–Trinajstić information content (AvgIpc) is 2.02. The van der Waals surface area contributed by atoms with Crippen LogP contribution in [-0.4, -0.2) is 23.8 Å². The van der Waals surface area contributed by atoms with Crippen molar-refractivity contribution in [1.29, 1.82) is 0 Å². The topological polar surface area (TPSA) is 46.5 Å². The number of unbranched alkanes of at least 4 members (excludes halogenated alkanes) is 1. The minimum absolute atomic E-state index is 0.225. The zero-order chi connectivity index (χ0) is 10.3. The van der Waals surface area contributed by atoms with Gasteiger partial charge >= 0.3 is 5.97 Å². The van der Waals surface area contributed by atoms with Crippen molar-refractivity contribution in [1.82, 2.24) is 0 Å². The Bertz CT molecular complexity index is 143. The highest BCUT2D eigenvalue weighted by atomic mass is 16.5. The van der Waals surface area contributed by atoms with Gasteiger partial charge in [0.05, 0.1) is 12.7 Å². The molecule has 0 spiro atoms. The van der Waals surface area contributed by atoms with Crippen LogP contribution in [0, 0.1) is 5.92 Å². The van der Waals surface area contributed by atoms with Gasteiger partial charge in [-0.15, -0.1) is 0 Å². The van der Waals surface area contributed by atoms with Crippen LogP contribution in [0.5, 0.6) is 0 Å². The predicted octanol–water partition coefficient (Wildman–Crippen LogP) is 1.74. The molecule has 0 radical (unpaired) electrons. The minimum atomic E-state index is -0.232. The Hall–Kier alpha value is -0.570. The fourth-order valence-corrected chi connectivity index (χ4v) is 1.00. The number of hydrogen-bond acceptors (Lipinski definition) is 3. The Kier molecular flexibility index (Phi) is 6.59. The smallest absolute Gasteiger partial charge is 0.302 e. The molecule has 3 nitrogen and oxygen atoms in total. The van der Waals surface area contributed by atoms with Crippen LogP contribution < -0.4 is 0 Å². The summed E-state index contributed by atoms with van der Waals surface area (Å²) in [5, 5.41) is 9.43. The lowest BCUT2D eigenvalue weighted by Crippen LogP contribution is -2.14. The first-order chi connectivity index (χ1) is 6.04. The van der Waals surface area contributed by atoms with E-state index in [1.807, 2.05) is 13.8 Å². The summed E-state index contributed by atoms with van der Waals surface area (Å²) in [5.41, 5.74) is 0. The second-order valence-corrected chi connectivity index (χ2v) is 3.65. The molecule has 1 N–H and O–H groups in total. The zero-order valence-corrected chi connectivity index (χ0v) is 8.75. The number of rotatable bonds is 6. The van der Waals surface area contributed by atoms with Gasteiger partial charge in [0.1, 0.15) is 0 Å². The van der Waals surface area contributed by atoms with Gasteiger partial charge in [0, 0.05) is 6.92 Å². The van der Waals surface area contributed by atoms with E-state index in [0.717, 1.165) is 19.3 Å². The summed E-state index contributed by atoms with van der Waals surface area (Å²) in [6.45, 7) is 5.87. The van der Waals surface area contributed by atoms with Crippen molar-refractivity contribution in [2.45, 2.75) is 46.1 Å². The standard InChI is InChI=1S/C10H20O3/c1-8(2)10(12)6-4-5-7-13-9(3)11/h8,10,12H,4-7H2,1-3H3. The normalized spacial score (nSPS) is 13.0. The third kappa shape index (κ3) is 7.78. The van der Waals surface area contributed by atoms with Crippen molar-refractivity contribution in [2.75, 3.05) is 6.61 Å². The molecule has 78 valence electrons. The van der Waals surface area contributed by atoms with Crippen molar-refractivity contribution in [3.05, 3.63) is 0 Å². The van der Waals surface area contributed by atoms with Crippen molar-refractivity contribution in [3.8, 4) is 0 Å². The van der Waals surface area contributed by atoms with Crippen LogP contribution in [-0.2, 0) is 9.53 Å². The van der Waals surface area contributed by atoms with E-state index in [1.54, 1.807) is 0 Å². The first-order valence-electron chi connectivity index (χ1n) is 4.85. The Morgan fingerprint density at radius 3 is 2.46 bits per heavy atom. The first kappa shape index (κ1) is 12.4. The monoisotopic (exact) mass is 188 g/mol. The van der Waals surface area contributed by atoms with Crippen molar-refractivity contribution in [3.63, 3.8) is 0 Å². The molecule has 13 heavy (non-hydrogen) atoms. The highest BCUT2D eigenvalue weighted by molar-refractivity contribution is 5.65. The molecule has 0 aromatic carbocycles. The maximum atomic E-state index is 10.4. The van der Waals surface area contributed by atoms with Gasteiger partial charge in [-0.25, -0.2) is 0 Å². The van der Waals surface area contributed by atoms with Crippen molar-refractivity contribution in [2.24, 2.45) is 5.92 Å². The fourth-order valence-electron chi connectivity index (χ4n) is 1.00. The van der Waals surface area contributed by atoms with Crippen LogP contribution in [0.2, 0.25) is 0 Å².